The molecule has 114 valence electrons. The largest absolute Gasteiger partial charge is 0.390 e. The number of hydrogen-bond acceptors (Lipinski definition) is 4. The van der Waals surface area contributed by atoms with Gasteiger partial charge in [-0.2, -0.15) is 10.2 Å². The molecule has 1 fully saturated rings. The highest BCUT2D eigenvalue weighted by atomic mass is 16.3. The van der Waals surface area contributed by atoms with E-state index in [0.29, 0.717) is 19.1 Å². The predicted octanol–water partition coefficient (Wildman–Crippen LogP) is 0.995. The molecule has 2 atom stereocenters. The summed E-state index contributed by atoms with van der Waals surface area (Å²) >= 11 is 0. The van der Waals surface area contributed by atoms with Gasteiger partial charge in [0.1, 0.15) is 0 Å². The van der Waals surface area contributed by atoms with Gasteiger partial charge in [-0.15, -0.1) is 0 Å². The van der Waals surface area contributed by atoms with Crippen molar-refractivity contribution in [1.82, 2.24) is 24.5 Å². The van der Waals surface area contributed by atoms with Crippen LogP contribution < -0.4 is 0 Å². The Labute approximate surface area is 125 Å². The molecule has 1 aliphatic heterocycles. The van der Waals surface area contributed by atoms with Crippen molar-refractivity contribution in [3.05, 3.63) is 36.9 Å². The van der Waals surface area contributed by atoms with E-state index >= 15 is 0 Å². The second-order valence-electron chi connectivity index (χ2n) is 5.75. The van der Waals surface area contributed by atoms with E-state index in [1.807, 2.05) is 35.4 Å². The summed E-state index contributed by atoms with van der Waals surface area (Å²) in [6, 6.07) is 4.30. The summed E-state index contributed by atoms with van der Waals surface area (Å²) in [6.45, 7) is 3.22. The first-order valence-corrected chi connectivity index (χ1v) is 7.68. The van der Waals surface area contributed by atoms with Crippen molar-refractivity contribution >= 4 is 0 Å². The molecule has 6 nitrogen and oxygen atoms in total. The third-order valence-electron chi connectivity index (χ3n) is 4.11. The van der Waals surface area contributed by atoms with Crippen LogP contribution in [0.3, 0.4) is 0 Å². The smallest absolute Gasteiger partial charge is 0.0862 e. The van der Waals surface area contributed by atoms with Crippen LogP contribution in [0.15, 0.2) is 36.9 Å². The third kappa shape index (κ3) is 3.92. The Morgan fingerprint density at radius 2 is 1.81 bits per heavy atom. The van der Waals surface area contributed by atoms with Crippen molar-refractivity contribution < 1.29 is 5.11 Å². The average Bonchev–Trinajstić information content (AvgIpc) is 3.14. The first-order valence-electron chi connectivity index (χ1n) is 7.68. The highest BCUT2D eigenvalue weighted by Gasteiger charge is 2.24. The lowest BCUT2D eigenvalue weighted by Gasteiger charge is -2.36. The van der Waals surface area contributed by atoms with Crippen molar-refractivity contribution in [1.29, 1.82) is 0 Å². The van der Waals surface area contributed by atoms with Crippen LogP contribution in [0.25, 0.3) is 0 Å². The molecule has 1 saturated heterocycles. The Kier molecular flexibility index (Phi) is 4.67. The fourth-order valence-corrected chi connectivity index (χ4v) is 3.08. The van der Waals surface area contributed by atoms with Crippen molar-refractivity contribution in [3.63, 3.8) is 0 Å². The second-order valence-corrected chi connectivity index (χ2v) is 5.75. The topological polar surface area (TPSA) is 59.1 Å². The van der Waals surface area contributed by atoms with Gasteiger partial charge in [0.2, 0.25) is 0 Å². The molecule has 0 bridgehead atoms. The van der Waals surface area contributed by atoms with E-state index in [4.69, 9.17) is 0 Å². The molecule has 1 aliphatic rings. The molecule has 3 heterocycles. The SMILES string of the molecule is OC(CN1CCCCC1Cn1cccn1)Cn1cccn1. The van der Waals surface area contributed by atoms with Crippen molar-refractivity contribution in [2.45, 2.75) is 44.5 Å². The summed E-state index contributed by atoms with van der Waals surface area (Å²) in [7, 11) is 0. The molecule has 1 N–H and O–H groups in total. The van der Waals surface area contributed by atoms with E-state index in [-0.39, 0.29) is 6.10 Å². The van der Waals surface area contributed by atoms with Gasteiger partial charge >= 0.3 is 0 Å². The lowest BCUT2D eigenvalue weighted by molar-refractivity contribution is 0.0496. The first-order chi connectivity index (χ1) is 10.3. The summed E-state index contributed by atoms with van der Waals surface area (Å²) < 4.78 is 3.78. The zero-order chi connectivity index (χ0) is 14.5. The molecular formula is C15H23N5O. The normalized spacial score (nSPS) is 21.5. The van der Waals surface area contributed by atoms with E-state index in [0.717, 1.165) is 13.1 Å². The molecule has 21 heavy (non-hydrogen) atoms. The summed E-state index contributed by atoms with van der Waals surface area (Å²) in [4.78, 5) is 2.40. The summed E-state index contributed by atoms with van der Waals surface area (Å²) in [5.41, 5.74) is 0. The number of β-amino-alcohol motifs (C(OH)–C–C–N with tert-alkyl or cyclic N) is 1. The third-order valence-corrected chi connectivity index (χ3v) is 4.11. The number of nitrogens with zero attached hydrogens (tertiary/aromatic N) is 5. The fraction of sp³-hybridized carbons (Fsp3) is 0.600. The number of aliphatic hydroxyl groups is 1. The van der Waals surface area contributed by atoms with Gasteiger partial charge < -0.3 is 5.11 Å². The number of likely N-dealkylation sites (tertiary alicyclic amines) is 1. The van der Waals surface area contributed by atoms with Crippen molar-refractivity contribution in [3.8, 4) is 0 Å². The molecule has 2 unspecified atom stereocenters. The van der Waals surface area contributed by atoms with Crippen LogP contribution in [-0.2, 0) is 13.1 Å². The van der Waals surface area contributed by atoms with Crippen LogP contribution in [0.2, 0.25) is 0 Å². The highest BCUT2D eigenvalue weighted by Crippen LogP contribution is 2.18. The summed E-state index contributed by atoms with van der Waals surface area (Å²) in [5, 5.41) is 18.7. The maximum Gasteiger partial charge on any atom is 0.0862 e. The molecule has 2 aromatic rings. The summed E-state index contributed by atoms with van der Waals surface area (Å²) in [6.07, 6.45) is 10.7. The van der Waals surface area contributed by atoms with E-state index in [1.54, 1.807) is 10.9 Å². The van der Waals surface area contributed by atoms with Crippen molar-refractivity contribution in [2.24, 2.45) is 0 Å². The van der Waals surface area contributed by atoms with Gasteiger partial charge in [0, 0.05) is 37.4 Å². The Balaban J connectivity index is 1.56. The van der Waals surface area contributed by atoms with Crippen LogP contribution in [-0.4, -0.2) is 54.8 Å². The molecule has 0 amide bonds. The molecule has 0 aromatic carbocycles. The minimum Gasteiger partial charge on any atom is -0.390 e. The Bertz CT molecular complexity index is 510. The molecular weight excluding hydrogens is 266 g/mol. The van der Waals surface area contributed by atoms with Crippen LogP contribution in [0.5, 0.6) is 0 Å². The Hall–Kier alpha value is -1.66. The number of rotatable bonds is 6. The van der Waals surface area contributed by atoms with Gasteiger partial charge in [0.25, 0.3) is 0 Å². The first kappa shape index (κ1) is 14.3. The Morgan fingerprint density at radius 3 is 2.52 bits per heavy atom. The van der Waals surface area contributed by atoms with Gasteiger partial charge in [-0.3, -0.25) is 14.3 Å². The molecule has 0 aliphatic carbocycles. The lowest BCUT2D eigenvalue weighted by atomic mass is 10.0. The quantitative estimate of drug-likeness (QED) is 0.862. The maximum absolute atomic E-state index is 10.3. The van der Waals surface area contributed by atoms with E-state index in [9.17, 15) is 5.11 Å². The number of piperidine rings is 1. The number of aliphatic hydroxyl groups excluding tert-OH is 1. The van der Waals surface area contributed by atoms with Gasteiger partial charge in [-0.25, -0.2) is 0 Å². The van der Waals surface area contributed by atoms with Crippen LogP contribution in [0.1, 0.15) is 19.3 Å². The van der Waals surface area contributed by atoms with Gasteiger partial charge in [0.05, 0.1) is 19.2 Å². The highest BCUT2D eigenvalue weighted by molar-refractivity contribution is 4.84. The lowest BCUT2D eigenvalue weighted by Crippen LogP contribution is -2.46. The van der Waals surface area contributed by atoms with Crippen LogP contribution in [0, 0.1) is 0 Å². The molecule has 2 aromatic heterocycles. The number of hydrogen-bond donors (Lipinski definition) is 1. The van der Waals surface area contributed by atoms with E-state index in [2.05, 4.69) is 15.1 Å². The molecule has 6 heteroatoms. The second kappa shape index (κ2) is 6.87. The maximum atomic E-state index is 10.3. The van der Waals surface area contributed by atoms with Crippen LogP contribution in [0.4, 0.5) is 0 Å². The monoisotopic (exact) mass is 289 g/mol. The minimum absolute atomic E-state index is 0.386. The fourth-order valence-electron chi connectivity index (χ4n) is 3.08. The molecule has 0 saturated carbocycles. The molecule has 0 radical (unpaired) electrons. The number of aromatic nitrogens is 4. The van der Waals surface area contributed by atoms with Gasteiger partial charge in [0.15, 0.2) is 0 Å². The van der Waals surface area contributed by atoms with Gasteiger partial charge in [-0.1, -0.05) is 6.42 Å². The predicted molar refractivity (Wildman–Crippen MR) is 79.7 cm³/mol. The standard InChI is InChI=1S/C15H23N5O/c21-15(13-20-10-4-7-17-20)12-18-8-2-1-5-14(18)11-19-9-3-6-16-19/h3-4,6-7,9-10,14-15,21H,1-2,5,8,11-13H2. The average molecular weight is 289 g/mol. The Morgan fingerprint density at radius 1 is 1.05 bits per heavy atom. The summed E-state index contributed by atoms with van der Waals surface area (Å²) in [5.74, 6) is 0. The van der Waals surface area contributed by atoms with Gasteiger partial charge in [-0.05, 0) is 31.5 Å². The van der Waals surface area contributed by atoms with Crippen molar-refractivity contribution in [2.75, 3.05) is 13.1 Å². The molecule has 0 spiro atoms. The minimum atomic E-state index is -0.386. The van der Waals surface area contributed by atoms with E-state index < -0.39 is 0 Å². The molecule has 3 rings (SSSR count). The van der Waals surface area contributed by atoms with Crippen LogP contribution >= 0.6 is 0 Å². The zero-order valence-electron chi connectivity index (χ0n) is 12.3. The zero-order valence-corrected chi connectivity index (χ0v) is 12.3. The van der Waals surface area contributed by atoms with E-state index in [1.165, 1.54) is 19.3 Å².